The third-order valence-corrected chi connectivity index (χ3v) is 3.91. The zero-order valence-electron chi connectivity index (χ0n) is 10.2. The van der Waals surface area contributed by atoms with Crippen LogP contribution in [0.1, 0.15) is 29.3 Å². The normalized spacial score (nSPS) is 12.2. The van der Waals surface area contributed by atoms with Gasteiger partial charge >= 0.3 is 0 Å². The first-order chi connectivity index (χ1) is 8.06. The lowest BCUT2D eigenvalue weighted by atomic mass is 10.1. The van der Waals surface area contributed by atoms with Crippen LogP contribution in [0.5, 0.6) is 0 Å². The second kappa shape index (κ2) is 6.96. The Kier molecular flexibility index (Phi) is 5.91. The molecule has 1 amide bonds. The minimum atomic E-state index is -0.0363. The van der Waals surface area contributed by atoms with E-state index in [0.717, 1.165) is 14.7 Å². The number of aliphatic hydroxyl groups excluding tert-OH is 1. The van der Waals surface area contributed by atoms with Gasteiger partial charge in [0.1, 0.15) is 0 Å². The van der Waals surface area contributed by atoms with E-state index >= 15 is 0 Å². The molecule has 94 valence electrons. The van der Waals surface area contributed by atoms with Crippen LogP contribution >= 0.6 is 22.6 Å². The van der Waals surface area contributed by atoms with Crippen molar-refractivity contribution in [3.63, 3.8) is 0 Å². The van der Waals surface area contributed by atoms with Gasteiger partial charge in [0, 0.05) is 22.3 Å². The summed E-state index contributed by atoms with van der Waals surface area (Å²) in [5.74, 6) is 0.262. The molecular formula is C13H18INO2. The Labute approximate surface area is 116 Å². The molecule has 0 saturated heterocycles. The Balaban J connectivity index is 2.61. The number of hydrogen-bond acceptors (Lipinski definition) is 2. The lowest BCUT2D eigenvalue weighted by molar-refractivity contribution is 0.0944. The second-order valence-electron chi connectivity index (χ2n) is 4.24. The van der Waals surface area contributed by atoms with E-state index < -0.39 is 0 Å². The van der Waals surface area contributed by atoms with Gasteiger partial charge in [-0.25, -0.2) is 0 Å². The summed E-state index contributed by atoms with van der Waals surface area (Å²) in [4.78, 5) is 11.9. The molecule has 0 unspecified atom stereocenters. The van der Waals surface area contributed by atoms with Gasteiger partial charge in [0.15, 0.2) is 0 Å². The van der Waals surface area contributed by atoms with Gasteiger partial charge in [-0.3, -0.25) is 4.79 Å². The van der Waals surface area contributed by atoms with Crippen LogP contribution in [-0.2, 0) is 0 Å². The minimum absolute atomic E-state index is 0.0363. The Morgan fingerprint density at radius 1 is 1.53 bits per heavy atom. The monoisotopic (exact) mass is 347 g/mol. The number of halogens is 1. The lowest BCUT2D eigenvalue weighted by Gasteiger charge is -2.12. The van der Waals surface area contributed by atoms with Gasteiger partial charge in [-0.1, -0.05) is 13.0 Å². The molecule has 1 aromatic rings. The maximum atomic E-state index is 11.9. The van der Waals surface area contributed by atoms with Crippen LogP contribution < -0.4 is 5.32 Å². The quantitative estimate of drug-likeness (QED) is 0.804. The first-order valence-corrected chi connectivity index (χ1v) is 6.78. The second-order valence-corrected chi connectivity index (χ2v) is 5.40. The number of amides is 1. The summed E-state index contributed by atoms with van der Waals surface area (Å²) in [6.45, 7) is 4.73. The lowest BCUT2D eigenvalue weighted by Crippen LogP contribution is -2.29. The maximum absolute atomic E-state index is 11.9. The average Bonchev–Trinajstić information content (AvgIpc) is 2.30. The molecule has 17 heavy (non-hydrogen) atoms. The molecule has 0 aliphatic carbocycles. The molecule has 0 fully saturated rings. The molecule has 3 nitrogen and oxygen atoms in total. The number of aliphatic hydroxyl groups is 1. The van der Waals surface area contributed by atoms with Crippen molar-refractivity contribution in [2.75, 3.05) is 13.2 Å². The van der Waals surface area contributed by atoms with Crippen LogP contribution in [0.15, 0.2) is 18.2 Å². The Bertz CT molecular complexity index is 393. The van der Waals surface area contributed by atoms with Crippen molar-refractivity contribution in [1.82, 2.24) is 5.32 Å². The molecule has 1 rings (SSSR count). The molecule has 1 aromatic carbocycles. The van der Waals surface area contributed by atoms with Crippen LogP contribution in [-0.4, -0.2) is 24.2 Å². The van der Waals surface area contributed by atoms with E-state index in [9.17, 15) is 4.79 Å². The van der Waals surface area contributed by atoms with Crippen molar-refractivity contribution in [2.45, 2.75) is 20.3 Å². The predicted molar refractivity (Wildman–Crippen MR) is 77.1 cm³/mol. The van der Waals surface area contributed by atoms with Gasteiger partial charge in [-0.15, -0.1) is 0 Å². The molecule has 0 aromatic heterocycles. The number of nitrogens with one attached hydrogen (secondary N) is 1. The third-order valence-electron chi connectivity index (χ3n) is 2.75. The topological polar surface area (TPSA) is 49.3 Å². The van der Waals surface area contributed by atoms with Crippen LogP contribution in [0.3, 0.4) is 0 Å². The van der Waals surface area contributed by atoms with Gasteiger partial charge in [-0.2, -0.15) is 0 Å². The molecule has 0 heterocycles. The van der Waals surface area contributed by atoms with Gasteiger partial charge < -0.3 is 10.4 Å². The van der Waals surface area contributed by atoms with E-state index in [0.29, 0.717) is 18.9 Å². The van der Waals surface area contributed by atoms with Gasteiger partial charge in [-0.05, 0) is 59.5 Å². The van der Waals surface area contributed by atoms with E-state index in [2.05, 4.69) is 27.9 Å². The Morgan fingerprint density at radius 2 is 2.24 bits per heavy atom. The fourth-order valence-electron chi connectivity index (χ4n) is 1.54. The number of carbonyl (C=O) groups excluding carboxylic acids is 1. The Morgan fingerprint density at radius 3 is 2.88 bits per heavy atom. The molecular weight excluding hydrogens is 329 g/mol. The van der Waals surface area contributed by atoms with Crippen molar-refractivity contribution in [2.24, 2.45) is 5.92 Å². The molecule has 0 saturated carbocycles. The van der Waals surface area contributed by atoms with E-state index in [1.807, 2.05) is 32.0 Å². The standard InChI is InChI=1S/C13H18INO2/c1-9(6-7-16)8-15-13(17)11-4-3-5-12(14)10(11)2/h3-5,9,16H,6-8H2,1-2H3,(H,15,17)/t9-/m1/s1. The smallest absolute Gasteiger partial charge is 0.251 e. The van der Waals surface area contributed by atoms with Crippen molar-refractivity contribution in [3.8, 4) is 0 Å². The molecule has 0 aliphatic heterocycles. The largest absolute Gasteiger partial charge is 0.396 e. The number of benzene rings is 1. The molecule has 0 spiro atoms. The van der Waals surface area contributed by atoms with E-state index in [-0.39, 0.29) is 12.5 Å². The SMILES string of the molecule is Cc1c(I)cccc1C(=O)NC[C@H](C)CCO. The zero-order valence-corrected chi connectivity index (χ0v) is 12.3. The molecule has 4 heteroatoms. The summed E-state index contributed by atoms with van der Waals surface area (Å²) < 4.78 is 1.10. The van der Waals surface area contributed by atoms with Gasteiger partial charge in [0.05, 0.1) is 0 Å². The third kappa shape index (κ3) is 4.27. The fourth-order valence-corrected chi connectivity index (χ4v) is 2.04. The van der Waals surface area contributed by atoms with Crippen molar-refractivity contribution < 1.29 is 9.90 Å². The predicted octanol–water partition coefficient (Wildman–Crippen LogP) is 2.35. The van der Waals surface area contributed by atoms with E-state index in [1.54, 1.807) is 0 Å². The number of carbonyl (C=O) groups is 1. The first kappa shape index (κ1) is 14.4. The highest BCUT2D eigenvalue weighted by atomic mass is 127. The van der Waals surface area contributed by atoms with Crippen molar-refractivity contribution in [3.05, 3.63) is 32.9 Å². The average molecular weight is 347 g/mol. The number of hydrogen-bond donors (Lipinski definition) is 2. The highest BCUT2D eigenvalue weighted by Crippen LogP contribution is 2.15. The van der Waals surface area contributed by atoms with E-state index in [4.69, 9.17) is 5.11 Å². The van der Waals surface area contributed by atoms with E-state index in [1.165, 1.54) is 0 Å². The summed E-state index contributed by atoms with van der Waals surface area (Å²) in [6.07, 6.45) is 0.714. The summed E-state index contributed by atoms with van der Waals surface area (Å²) in [5.41, 5.74) is 1.74. The summed E-state index contributed by atoms with van der Waals surface area (Å²) in [6, 6.07) is 5.71. The van der Waals surface area contributed by atoms with Gasteiger partial charge in [0.2, 0.25) is 0 Å². The molecule has 0 radical (unpaired) electrons. The van der Waals surface area contributed by atoms with Crippen LogP contribution in [0.25, 0.3) is 0 Å². The van der Waals surface area contributed by atoms with Crippen molar-refractivity contribution in [1.29, 1.82) is 0 Å². The zero-order chi connectivity index (χ0) is 12.8. The van der Waals surface area contributed by atoms with Gasteiger partial charge in [0.25, 0.3) is 5.91 Å². The highest BCUT2D eigenvalue weighted by molar-refractivity contribution is 14.1. The minimum Gasteiger partial charge on any atom is -0.396 e. The maximum Gasteiger partial charge on any atom is 0.251 e. The molecule has 1 atom stereocenters. The van der Waals surface area contributed by atoms with Crippen LogP contribution in [0.2, 0.25) is 0 Å². The van der Waals surface area contributed by atoms with Crippen molar-refractivity contribution >= 4 is 28.5 Å². The first-order valence-electron chi connectivity index (χ1n) is 5.70. The summed E-state index contributed by atoms with van der Waals surface area (Å²) in [5, 5.41) is 11.7. The van der Waals surface area contributed by atoms with Crippen LogP contribution in [0, 0.1) is 16.4 Å². The molecule has 0 bridgehead atoms. The summed E-state index contributed by atoms with van der Waals surface area (Å²) >= 11 is 2.23. The number of rotatable bonds is 5. The molecule has 2 N–H and O–H groups in total. The Hall–Kier alpha value is -0.620. The summed E-state index contributed by atoms with van der Waals surface area (Å²) in [7, 11) is 0. The molecule has 0 aliphatic rings. The highest BCUT2D eigenvalue weighted by Gasteiger charge is 2.11. The van der Waals surface area contributed by atoms with Crippen LogP contribution in [0.4, 0.5) is 0 Å². The fraction of sp³-hybridized carbons (Fsp3) is 0.462.